The van der Waals surface area contributed by atoms with Crippen molar-refractivity contribution in [2.24, 2.45) is 5.73 Å². The summed E-state index contributed by atoms with van der Waals surface area (Å²) in [7, 11) is 0. The minimum atomic E-state index is -1.14. The molecule has 2 aromatic rings. The highest BCUT2D eigenvalue weighted by atomic mass is 35.5. The summed E-state index contributed by atoms with van der Waals surface area (Å²) in [5.74, 6) is -2.16. The van der Waals surface area contributed by atoms with E-state index in [1.807, 2.05) is 4.90 Å². The maximum Gasteiger partial charge on any atom is 0.322 e. The first-order chi connectivity index (χ1) is 14.2. The molecule has 0 bridgehead atoms. The predicted octanol–water partition coefficient (Wildman–Crippen LogP) is 2.23. The summed E-state index contributed by atoms with van der Waals surface area (Å²) in [5.41, 5.74) is 8.04. The molecule has 0 spiro atoms. The molecule has 1 aromatic carbocycles. The zero-order valence-corrected chi connectivity index (χ0v) is 17.6. The van der Waals surface area contributed by atoms with Gasteiger partial charge in [0.2, 0.25) is 0 Å². The van der Waals surface area contributed by atoms with Gasteiger partial charge >= 0.3 is 5.97 Å². The van der Waals surface area contributed by atoms with E-state index in [2.05, 4.69) is 15.6 Å². The highest BCUT2D eigenvalue weighted by molar-refractivity contribution is 6.44. The maximum absolute atomic E-state index is 12.8. The number of H-pyrrole nitrogens is 1. The van der Waals surface area contributed by atoms with Crippen LogP contribution in [0.2, 0.25) is 10.0 Å². The van der Waals surface area contributed by atoms with Gasteiger partial charge in [0.25, 0.3) is 11.8 Å². The minimum Gasteiger partial charge on any atom is -0.480 e. The number of benzene rings is 1. The van der Waals surface area contributed by atoms with Crippen molar-refractivity contribution in [1.29, 1.82) is 0 Å². The molecular formula is C19H21Cl2N5O4. The highest BCUT2D eigenvalue weighted by Crippen LogP contribution is 2.33. The molecule has 2 amide bonds. The van der Waals surface area contributed by atoms with E-state index >= 15 is 0 Å². The number of nitrogens with one attached hydrogen (secondary N) is 3. The number of carbonyl (C=O) groups is 3. The van der Waals surface area contributed by atoms with Crippen molar-refractivity contribution < 1.29 is 19.5 Å². The number of rotatable bonds is 6. The number of halogens is 2. The highest BCUT2D eigenvalue weighted by Gasteiger charge is 2.25. The number of carbonyl (C=O) groups excluding carboxylic acids is 2. The van der Waals surface area contributed by atoms with Crippen LogP contribution in [0.25, 0.3) is 0 Å². The largest absolute Gasteiger partial charge is 0.480 e. The zero-order chi connectivity index (χ0) is 22.0. The molecule has 1 aliphatic heterocycles. The fourth-order valence-electron chi connectivity index (χ4n) is 3.22. The Morgan fingerprint density at radius 3 is 2.57 bits per heavy atom. The van der Waals surface area contributed by atoms with Gasteiger partial charge < -0.3 is 31.4 Å². The Morgan fingerprint density at radius 2 is 2.00 bits per heavy atom. The van der Waals surface area contributed by atoms with Gasteiger partial charge in [0.1, 0.15) is 12.2 Å². The fourth-order valence-corrected chi connectivity index (χ4v) is 3.63. The Morgan fingerprint density at radius 1 is 1.27 bits per heavy atom. The number of aromatic amines is 1. The van der Waals surface area contributed by atoms with Crippen molar-refractivity contribution in [3.05, 3.63) is 45.2 Å². The van der Waals surface area contributed by atoms with E-state index in [4.69, 9.17) is 34.0 Å². The van der Waals surface area contributed by atoms with Gasteiger partial charge in [-0.15, -0.1) is 0 Å². The van der Waals surface area contributed by atoms with Gasteiger partial charge in [0.15, 0.2) is 0 Å². The average Bonchev–Trinajstić information content (AvgIpc) is 3.25. The van der Waals surface area contributed by atoms with Crippen LogP contribution in [-0.4, -0.2) is 53.6 Å². The summed E-state index contributed by atoms with van der Waals surface area (Å²) in [4.78, 5) is 40.6. The van der Waals surface area contributed by atoms with Crippen LogP contribution in [0.15, 0.2) is 18.2 Å². The van der Waals surface area contributed by atoms with Gasteiger partial charge in [-0.25, -0.2) is 0 Å². The molecule has 1 saturated heterocycles. The van der Waals surface area contributed by atoms with Gasteiger partial charge in [-0.05, 0) is 31.5 Å². The summed E-state index contributed by atoms with van der Waals surface area (Å²) in [6, 6.07) is 4.65. The molecule has 2 heterocycles. The molecule has 3 rings (SSSR count). The smallest absolute Gasteiger partial charge is 0.322 e. The van der Waals surface area contributed by atoms with Crippen LogP contribution in [0, 0.1) is 6.92 Å². The van der Waals surface area contributed by atoms with E-state index in [-0.39, 0.29) is 27.3 Å². The number of hydrogen-bond acceptors (Lipinski definition) is 5. The first kappa shape index (κ1) is 21.9. The standard InChI is InChI=1S/C19H21Cl2N5O4/c1-9-15(20)16(21)17(24-9)19(30)25-12-3-2-10(18(29)23-7-14(27)28)6-13(12)26-5-4-11(22)8-26/h2-3,6,11,24H,4-5,7-8,22H2,1H3,(H,23,29)(H,25,30)(H,27,28). The maximum atomic E-state index is 12.8. The topological polar surface area (TPSA) is 141 Å². The second-order valence-electron chi connectivity index (χ2n) is 7.01. The monoisotopic (exact) mass is 453 g/mol. The Bertz CT molecular complexity index is 1010. The number of carboxylic acid groups (broad SMARTS) is 1. The quantitative estimate of drug-likeness (QED) is 0.454. The normalized spacial score (nSPS) is 15.9. The second-order valence-corrected chi connectivity index (χ2v) is 7.77. The van der Waals surface area contributed by atoms with Gasteiger partial charge in [-0.3, -0.25) is 14.4 Å². The molecule has 0 saturated carbocycles. The van der Waals surface area contributed by atoms with Crippen LogP contribution in [0.5, 0.6) is 0 Å². The zero-order valence-electron chi connectivity index (χ0n) is 16.1. The van der Waals surface area contributed by atoms with E-state index in [1.54, 1.807) is 19.1 Å². The van der Waals surface area contributed by atoms with E-state index < -0.39 is 24.3 Å². The van der Waals surface area contributed by atoms with E-state index in [9.17, 15) is 14.4 Å². The van der Waals surface area contributed by atoms with Crippen LogP contribution in [0.3, 0.4) is 0 Å². The number of aromatic nitrogens is 1. The van der Waals surface area contributed by atoms with E-state index in [0.29, 0.717) is 30.2 Å². The van der Waals surface area contributed by atoms with Crippen molar-refractivity contribution >= 4 is 52.4 Å². The number of nitrogens with zero attached hydrogens (tertiary/aromatic N) is 1. The number of nitrogens with two attached hydrogens (primary N) is 1. The van der Waals surface area contributed by atoms with Crippen molar-refractivity contribution in [2.75, 3.05) is 29.9 Å². The molecule has 1 aromatic heterocycles. The summed E-state index contributed by atoms with van der Waals surface area (Å²) in [6.45, 7) is 2.41. The van der Waals surface area contributed by atoms with Crippen molar-refractivity contribution in [2.45, 2.75) is 19.4 Å². The molecule has 1 aliphatic rings. The number of aryl methyl sites for hydroxylation is 1. The SMILES string of the molecule is Cc1[nH]c(C(=O)Nc2ccc(C(=O)NCC(=O)O)cc2N2CCC(N)C2)c(Cl)c1Cl. The molecule has 0 radical (unpaired) electrons. The summed E-state index contributed by atoms with van der Waals surface area (Å²) >= 11 is 12.2. The van der Waals surface area contributed by atoms with E-state index in [1.165, 1.54) is 6.07 Å². The predicted molar refractivity (Wildman–Crippen MR) is 115 cm³/mol. The Hall–Kier alpha value is -2.75. The number of anilines is 2. The first-order valence-electron chi connectivity index (χ1n) is 9.16. The molecule has 1 unspecified atom stereocenters. The third-order valence-corrected chi connectivity index (χ3v) is 5.70. The van der Waals surface area contributed by atoms with Gasteiger partial charge in [0.05, 0.1) is 21.4 Å². The molecule has 160 valence electrons. The van der Waals surface area contributed by atoms with E-state index in [0.717, 1.165) is 6.42 Å². The minimum absolute atomic E-state index is 0.0302. The van der Waals surface area contributed by atoms with Crippen LogP contribution in [0.4, 0.5) is 11.4 Å². The summed E-state index contributed by atoms with van der Waals surface area (Å²) in [6.07, 6.45) is 0.764. The molecule has 0 aliphatic carbocycles. The Kier molecular flexibility index (Phi) is 6.55. The summed E-state index contributed by atoms with van der Waals surface area (Å²) in [5, 5.41) is 14.3. The lowest BCUT2D eigenvalue weighted by atomic mass is 10.1. The number of aliphatic carboxylic acids is 1. The van der Waals surface area contributed by atoms with Crippen molar-refractivity contribution in [3.8, 4) is 0 Å². The molecule has 6 N–H and O–H groups in total. The van der Waals surface area contributed by atoms with Gasteiger partial charge in [0, 0.05) is 30.4 Å². The van der Waals surface area contributed by atoms with Gasteiger partial charge in [-0.1, -0.05) is 23.2 Å². The van der Waals surface area contributed by atoms with Crippen molar-refractivity contribution in [1.82, 2.24) is 10.3 Å². The lowest BCUT2D eigenvalue weighted by molar-refractivity contribution is -0.135. The van der Waals surface area contributed by atoms with Crippen LogP contribution >= 0.6 is 23.2 Å². The summed E-state index contributed by atoms with van der Waals surface area (Å²) < 4.78 is 0. The Labute approximate surface area is 182 Å². The van der Waals surface area contributed by atoms with Crippen LogP contribution in [0.1, 0.15) is 33.0 Å². The molecule has 9 nitrogen and oxygen atoms in total. The number of amides is 2. The average molecular weight is 454 g/mol. The van der Waals surface area contributed by atoms with Gasteiger partial charge in [-0.2, -0.15) is 0 Å². The third kappa shape index (κ3) is 4.69. The number of hydrogen-bond donors (Lipinski definition) is 5. The first-order valence-corrected chi connectivity index (χ1v) is 9.92. The molecule has 30 heavy (non-hydrogen) atoms. The molecular weight excluding hydrogens is 433 g/mol. The van der Waals surface area contributed by atoms with Crippen LogP contribution in [-0.2, 0) is 4.79 Å². The fraction of sp³-hybridized carbons (Fsp3) is 0.316. The van der Waals surface area contributed by atoms with Crippen LogP contribution < -0.4 is 21.3 Å². The molecule has 1 atom stereocenters. The van der Waals surface area contributed by atoms with Crippen molar-refractivity contribution in [3.63, 3.8) is 0 Å². The molecule has 1 fully saturated rings. The Balaban J connectivity index is 1.90. The second kappa shape index (κ2) is 8.95. The third-order valence-electron chi connectivity index (χ3n) is 4.75. The lowest BCUT2D eigenvalue weighted by Gasteiger charge is -2.23. The lowest BCUT2D eigenvalue weighted by Crippen LogP contribution is -2.30. The molecule has 11 heteroatoms. The number of carboxylic acids is 1.